The van der Waals surface area contributed by atoms with Gasteiger partial charge in [0.05, 0.1) is 23.8 Å². The number of nitrogens with one attached hydrogen (secondary N) is 1. The van der Waals surface area contributed by atoms with E-state index in [4.69, 9.17) is 16.3 Å². The van der Waals surface area contributed by atoms with Crippen molar-refractivity contribution in [2.75, 3.05) is 13.6 Å². The number of sulfonamides is 1. The molecule has 0 aliphatic heterocycles. The molecule has 0 bridgehead atoms. The molecule has 1 aromatic heterocycles. The highest BCUT2D eigenvalue weighted by molar-refractivity contribution is 7.89. The standard InChI is InChI=1S/C16H20ClFN4O3S/c1-10-16(11(2)22(21-10)9-12(18)6-7-19)25-13-4-5-15(14(17)8-13)26(23,24)20-3/h4-6,8,20H,7,9,19H2,1-3H3/p+1. The monoisotopic (exact) mass is 403 g/mol. The van der Waals surface area contributed by atoms with Crippen LogP contribution in [0.15, 0.2) is 35.0 Å². The fourth-order valence-electron chi connectivity index (χ4n) is 2.34. The Balaban J connectivity index is 2.31. The summed E-state index contributed by atoms with van der Waals surface area (Å²) in [4.78, 5) is -0.0430. The van der Waals surface area contributed by atoms with Crippen LogP contribution < -0.4 is 15.2 Å². The Morgan fingerprint density at radius 1 is 1.46 bits per heavy atom. The zero-order valence-electron chi connectivity index (χ0n) is 14.7. The van der Waals surface area contributed by atoms with Crippen LogP contribution >= 0.6 is 11.6 Å². The summed E-state index contributed by atoms with van der Waals surface area (Å²) in [5.74, 6) is 0.485. The van der Waals surface area contributed by atoms with Gasteiger partial charge in [-0.3, -0.25) is 4.68 Å². The zero-order chi connectivity index (χ0) is 19.5. The molecule has 2 aromatic rings. The average molecular weight is 404 g/mol. The van der Waals surface area contributed by atoms with E-state index in [1.54, 1.807) is 13.8 Å². The number of rotatable bonds is 7. The molecule has 4 N–H and O–H groups in total. The predicted octanol–water partition coefficient (Wildman–Crippen LogP) is 1.95. The van der Waals surface area contributed by atoms with Gasteiger partial charge < -0.3 is 10.5 Å². The maximum Gasteiger partial charge on any atom is 0.241 e. The SMILES string of the molecule is CNS(=O)(=O)c1ccc(Oc2c(C)nn(CC(F)=CC[NH3+])c2C)cc1Cl. The van der Waals surface area contributed by atoms with Crippen LogP contribution in [0.1, 0.15) is 11.4 Å². The number of hydrogen-bond donors (Lipinski definition) is 2. The van der Waals surface area contributed by atoms with Crippen molar-refractivity contribution < 1.29 is 23.3 Å². The highest BCUT2D eigenvalue weighted by Crippen LogP contribution is 2.32. The van der Waals surface area contributed by atoms with Crippen molar-refractivity contribution in [3.8, 4) is 11.5 Å². The lowest BCUT2D eigenvalue weighted by Gasteiger charge is -2.09. The van der Waals surface area contributed by atoms with Crippen molar-refractivity contribution in [1.82, 2.24) is 14.5 Å². The van der Waals surface area contributed by atoms with Crippen LogP contribution in [-0.2, 0) is 16.6 Å². The normalized spacial score (nSPS) is 12.5. The molecule has 7 nitrogen and oxygen atoms in total. The van der Waals surface area contributed by atoms with Crippen LogP contribution in [0.3, 0.4) is 0 Å². The third-order valence-electron chi connectivity index (χ3n) is 3.66. The van der Waals surface area contributed by atoms with Gasteiger partial charge >= 0.3 is 0 Å². The highest BCUT2D eigenvalue weighted by Gasteiger charge is 2.18. The average Bonchev–Trinajstić information content (AvgIpc) is 2.82. The molecule has 0 radical (unpaired) electrons. The number of benzene rings is 1. The maximum atomic E-state index is 13.7. The second-order valence-electron chi connectivity index (χ2n) is 5.50. The summed E-state index contributed by atoms with van der Waals surface area (Å²) < 4.78 is 47.0. The van der Waals surface area contributed by atoms with Crippen molar-refractivity contribution >= 4 is 21.6 Å². The molecule has 0 saturated heterocycles. The van der Waals surface area contributed by atoms with Gasteiger partial charge in [-0.05, 0) is 33.0 Å². The number of halogens is 2. The molecule has 0 spiro atoms. The first-order chi connectivity index (χ1) is 12.2. The smallest absolute Gasteiger partial charge is 0.241 e. The molecule has 0 atom stereocenters. The molecule has 1 aromatic carbocycles. The van der Waals surface area contributed by atoms with E-state index in [0.29, 0.717) is 29.4 Å². The van der Waals surface area contributed by atoms with Gasteiger partial charge in [-0.2, -0.15) is 5.10 Å². The minimum atomic E-state index is -3.66. The molecule has 0 fully saturated rings. The molecule has 1 heterocycles. The summed E-state index contributed by atoms with van der Waals surface area (Å²) in [5, 5.41) is 4.30. The van der Waals surface area contributed by atoms with Crippen LogP contribution in [0.25, 0.3) is 0 Å². The number of hydrogen-bond acceptors (Lipinski definition) is 4. The Morgan fingerprint density at radius 3 is 2.73 bits per heavy atom. The summed E-state index contributed by atoms with van der Waals surface area (Å²) in [6.45, 7) is 3.85. The van der Waals surface area contributed by atoms with E-state index < -0.39 is 10.0 Å². The fourth-order valence-corrected chi connectivity index (χ4v) is 3.60. The molecular formula is C16H21ClFN4O3S+. The summed E-state index contributed by atoms with van der Waals surface area (Å²) in [6.07, 6.45) is 1.39. The largest absolute Gasteiger partial charge is 0.453 e. The molecule has 10 heteroatoms. The lowest BCUT2D eigenvalue weighted by molar-refractivity contribution is -0.353. The topological polar surface area (TPSA) is 101 Å². The number of nitrogens with zero attached hydrogens (tertiary/aromatic N) is 2. The van der Waals surface area contributed by atoms with E-state index in [2.05, 4.69) is 15.6 Å². The Bertz CT molecular complexity index is 941. The first kappa shape index (κ1) is 20.4. The predicted molar refractivity (Wildman–Crippen MR) is 96.4 cm³/mol. The molecular weight excluding hydrogens is 383 g/mol. The second kappa shape index (κ2) is 8.17. The van der Waals surface area contributed by atoms with Gasteiger partial charge in [-0.25, -0.2) is 17.5 Å². The van der Waals surface area contributed by atoms with E-state index in [9.17, 15) is 12.8 Å². The van der Waals surface area contributed by atoms with E-state index in [1.165, 1.54) is 36.0 Å². The lowest BCUT2D eigenvalue weighted by Crippen LogP contribution is -2.49. The van der Waals surface area contributed by atoms with Crippen molar-refractivity contribution in [3.63, 3.8) is 0 Å². The van der Waals surface area contributed by atoms with Gasteiger partial charge in [0.2, 0.25) is 10.0 Å². The van der Waals surface area contributed by atoms with Crippen molar-refractivity contribution in [2.24, 2.45) is 0 Å². The van der Waals surface area contributed by atoms with E-state index >= 15 is 0 Å². The van der Waals surface area contributed by atoms with Crippen LogP contribution in [0.2, 0.25) is 5.02 Å². The Hall–Kier alpha value is -1.94. The lowest BCUT2D eigenvalue weighted by atomic mass is 10.3. The number of allylic oxidation sites excluding steroid dienone is 1. The van der Waals surface area contributed by atoms with Gasteiger partial charge in [-0.1, -0.05) is 11.6 Å². The van der Waals surface area contributed by atoms with E-state index in [-0.39, 0.29) is 22.3 Å². The fraction of sp³-hybridized carbons (Fsp3) is 0.312. The van der Waals surface area contributed by atoms with Gasteiger partial charge in [0, 0.05) is 12.1 Å². The highest BCUT2D eigenvalue weighted by atomic mass is 35.5. The van der Waals surface area contributed by atoms with Gasteiger partial charge in [0.25, 0.3) is 0 Å². The third-order valence-corrected chi connectivity index (χ3v) is 5.56. The molecule has 0 amide bonds. The Kier molecular flexibility index (Phi) is 6.40. The number of ether oxygens (including phenoxy) is 1. The molecule has 2 rings (SSSR count). The molecule has 0 aliphatic rings. The van der Waals surface area contributed by atoms with Crippen molar-refractivity contribution in [3.05, 3.63) is 46.5 Å². The Labute approximate surface area is 156 Å². The molecule has 0 unspecified atom stereocenters. The van der Waals surface area contributed by atoms with Crippen LogP contribution in [-0.4, -0.2) is 31.8 Å². The molecule has 0 saturated carbocycles. The van der Waals surface area contributed by atoms with Crippen LogP contribution in [0.4, 0.5) is 4.39 Å². The zero-order valence-corrected chi connectivity index (χ0v) is 16.3. The van der Waals surface area contributed by atoms with Gasteiger partial charge in [0.15, 0.2) is 5.75 Å². The van der Waals surface area contributed by atoms with E-state index in [1.807, 2.05) is 0 Å². The summed E-state index contributed by atoms with van der Waals surface area (Å²) >= 11 is 6.06. The Morgan fingerprint density at radius 2 is 2.15 bits per heavy atom. The quantitative estimate of drug-likeness (QED) is 0.737. The number of quaternary nitrogens is 1. The number of aromatic nitrogens is 2. The van der Waals surface area contributed by atoms with Crippen LogP contribution in [0, 0.1) is 13.8 Å². The minimum absolute atomic E-state index is 0.00827. The third kappa shape index (κ3) is 4.42. The van der Waals surface area contributed by atoms with Crippen molar-refractivity contribution in [2.45, 2.75) is 25.3 Å². The molecule has 0 aliphatic carbocycles. The van der Waals surface area contributed by atoms with Crippen LogP contribution in [0.5, 0.6) is 11.5 Å². The first-order valence-corrected chi connectivity index (χ1v) is 9.64. The van der Waals surface area contributed by atoms with Gasteiger partial charge in [-0.15, -0.1) is 0 Å². The second-order valence-corrected chi connectivity index (χ2v) is 7.76. The molecule has 142 valence electrons. The maximum absolute atomic E-state index is 13.7. The minimum Gasteiger partial charge on any atom is -0.453 e. The van der Waals surface area contributed by atoms with Crippen molar-refractivity contribution in [1.29, 1.82) is 0 Å². The summed E-state index contributed by atoms with van der Waals surface area (Å²) in [5.41, 5.74) is 4.79. The molecule has 26 heavy (non-hydrogen) atoms. The summed E-state index contributed by atoms with van der Waals surface area (Å²) in [7, 11) is -2.35. The van der Waals surface area contributed by atoms with Gasteiger partial charge in [0.1, 0.15) is 22.2 Å². The summed E-state index contributed by atoms with van der Waals surface area (Å²) in [6, 6.07) is 4.26. The van der Waals surface area contributed by atoms with E-state index in [0.717, 1.165) is 0 Å². The first-order valence-electron chi connectivity index (χ1n) is 7.78. The number of aryl methyl sites for hydroxylation is 1.